The lowest BCUT2D eigenvalue weighted by Crippen LogP contribution is -2.15. The van der Waals surface area contributed by atoms with Crippen molar-refractivity contribution in [3.63, 3.8) is 0 Å². The smallest absolute Gasteiger partial charge is 0.341 e. The van der Waals surface area contributed by atoms with E-state index in [2.05, 4.69) is 12.2 Å². The minimum atomic E-state index is -0.367. The molecule has 3 aromatic heterocycles. The van der Waals surface area contributed by atoms with Crippen molar-refractivity contribution in [2.75, 3.05) is 17.7 Å². The van der Waals surface area contributed by atoms with Crippen LogP contribution in [0.15, 0.2) is 12.1 Å². The van der Waals surface area contributed by atoms with Gasteiger partial charge in [-0.3, -0.25) is 4.79 Å². The summed E-state index contributed by atoms with van der Waals surface area (Å²) in [4.78, 5) is 33.1. The number of amides is 1. The van der Waals surface area contributed by atoms with Gasteiger partial charge in [0.2, 0.25) is 0 Å². The van der Waals surface area contributed by atoms with Crippen molar-refractivity contribution in [3.8, 4) is 0 Å². The quantitative estimate of drug-likeness (QED) is 0.326. The Hall–Kier alpha value is -2.45. The van der Waals surface area contributed by atoms with E-state index in [-0.39, 0.29) is 11.9 Å². The van der Waals surface area contributed by atoms with Gasteiger partial charge in [-0.05, 0) is 63.1 Å². The molecule has 170 valence electrons. The minimum Gasteiger partial charge on any atom is -0.462 e. The average molecular weight is 472 g/mol. The first-order valence-electron chi connectivity index (χ1n) is 11.3. The second-order valence-corrected chi connectivity index (χ2v) is 10.2. The van der Waals surface area contributed by atoms with E-state index in [0.29, 0.717) is 27.7 Å². The van der Waals surface area contributed by atoms with E-state index >= 15 is 0 Å². The standard InChI is InChI=1S/C24H29N3O3S2/c1-3-5-9-14-12-13-16-19(25)20(32-22(16)26-14)21(28)27-23-18(24(29)30-4-2)15-10-7-6-8-11-17(15)31-23/h12-13H,3-11,25H2,1-2H3,(H,27,28). The van der Waals surface area contributed by atoms with Gasteiger partial charge in [-0.1, -0.05) is 19.8 Å². The van der Waals surface area contributed by atoms with Crippen LogP contribution in [0.5, 0.6) is 0 Å². The van der Waals surface area contributed by atoms with Gasteiger partial charge in [0.1, 0.15) is 14.7 Å². The van der Waals surface area contributed by atoms with Crippen molar-refractivity contribution in [1.82, 2.24) is 4.98 Å². The van der Waals surface area contributed by atoms with E-state index in [1.54, 1.807) is 6.92 Å². The van der Waals surface area contributed by atoms with Crippen LogP contribution in [0.1, 0.15) is 82.1 Å². The van der Waals surface area contributed by atoms with Crippen molar-refractivity contribution >= 4 is 55.5 Å². The third-order valence-electron chi connectivity index (χ3n) is 5.77. The number of aryl methyl sites for hydroxylation is 2. The van der Waals surface area contributed by atoms with Gasteiger partial charge in [0, 0.05) is 16.0 Å². The highest BCUT2D eigenvalue weighted by molar-refractivity contribution is 7.21. The van der Waals surface area contributed by atoms with Crippen LogP contribution in [0.2, 0.25) is 0 Å². The average Bonchev–Trinajstić information content (AvgIpc) is 3.19. The molecule has 0 spiro atoms. The number of carbonyl (C=O) groups is 2. The fourth-order valence-electron chi connectivity index (χ4n) is 4.11. The van der Waals surface area contributed by atoms with Crippen molar-refractivity contribution in [2.45, 2.75) is 65.2 Å². The Balaban J connectivity index is 1.65. The van der Waals surface area contributed by atoms with Gasteiger partial charge >= 0.3 is 5.97 Å². The number of nitrogens with one attached hydrogen (secondary N) is 1. The van der Waals surface area contributed by atoms with E-state index in [9.17, 15) is 9.59 Å². The largest absolute Gasteiger partial charge is 0.462 e. The molecule has 0 saturated carbocycles. The predicted octanol–water partition coefficient (Wildman–Crippen LogP) is 5.98. The molecule has 0 atom stereocenters. The molecule has 6 nitrogen and oxygen atoms in total. The Morgan fingerprint density at radius 1 is 1.16 bits per heavy atom. The molecule has 0 bridgehead atoms. The number of esters is 1. The zero-order chi connectivity index (χ0) is 22.7. The number of unbranched alkanes of at least 4 members (excludes halogenated alkanes) is 1. The van der Waals surface area contributed by atoms with Crippen molar-refractivity contribution in [3.05, 3.63) is 38.7 Å². The van der Waals surface area contributed by atoms with Crippen LogP contribution < -0.4 is 11.1 Å². The lowest BCUT2D eigenvalue weighted by atomic mass is 10.1. The Morgan fingerprint density at radius 2 is 1.97 bits per heavy atom. The number of hydrogen-bond acceptors (Lipinski definition) is 7. The molecule has 0 aromatic carbocycles. The lowest BCUT2D eigenvalue weighted by molar-refractivity contribution is 0.0527. The summed E-state index contributed by atoms with van der Waals surface area (Å²) < 4.78 is 5.32. The molecule has 3 aromatic rings. The van der Waals surface area contributed by atoms with E-state index in [1.807, 2.05) is 12.1 Å². The topological polar surface area (TPSA) is 94.3 Å². The minimum absolute atomic E-state index is 0.298. The molecule has 4 rings (SSSR count). The first-order chi connectivity index (χ1) is 15.5. The summed E-state index contributed by atoms with van der Waals surface area (Å²) >= 11 is 2.79. The Morgan fingerprint density at radius 3 is 2.75 bits per heavy atom. The molecule has 0 fully saturated rings. The Kier molecular flexibility index (Phi) is 7.10. The third-order valence-corrected chi connectivity index (χ3v) is 8.09. The van der Waals surface area contributed by atoms with E-state index < -0.39 is 0 Å². The van der Waals surface area contributed by atoms with Crippen molar-refractivity contribution < 1.29 is 14.3 Å². The van der Waals surface area contributed by atoms with E-state index in [4.69, 9.17) is 15.5 Å². The van der Waals surface area contributed by atoms with Crippen molar-refractivity contribution in [1.29, 1.82) is 0 Å². The maximum atomic E-state index is 13.2. The summed E-state index contributed by atoms with van der Waals surface area (Å²) in [7, 11) is 0. The zero-order valence-electron chi connectivity index (χ0n) is 18.6. The number of fused-ring (bicyclic) bond motifs is 2. The SMILES string of the molecule is CCCCc1ccc2c(N)c(C(=O)Nc3sc4c(c3C(=O)OCC)CCCCC4)sc2n1. The van der Waals surface area contributed by atoms with Crippen LogP contribution in [0.3, 0.4) is 0 Å². The zero-order valence-corrected chi connectivity index (χ0v) is 20.2. The Bertz CT molecular complexity index is 1150. The molecule has 0 radical (unpaired) electrons. The number of nitrogens with two attached hydrogens (primary N) is 1. The molecule has 8 heteroatoms. The van der Waals surface area contributed by atoms with Gasteiger partial charge < -0.3 is 15.8 Å². The fraction of sp³-hybridized carbons (Fsp3) is 0.458. The number of nitrogen functional groups attached to an aromatic ring is 1. The van der Waals surface area contributed by atoms with Gasteiger partial charge in [0.25, 0.3) is 5.91 Å². The van der Waals surface area contributed by atoms with Crippen LogP contribution in [-0.2, 0) is 24.0 Å². The summed E-state index contributed by atoms with van der Waals surface area (Å²) in [6, 6.07) is 3.94. The summed E-state index contributed by atoms with van der Waals surface area (Å²) in [5, 5.41) is 4.34. The van der Waals surface area contributed by atoms with Crippen LogP contribution in [0.25, 0.3) is 10.2 Å². The van der Waals surface area contributed by atoms with Crippen LogP contribution >= 0.6 is 22.7 Å². The molecular formula is C24H29N3O3S2. The van der Waals surface area contributed by atoms with Gasteiger partial charge in [-0.15, -0.1) is 22.7 Å². The normalized spacial score (nSPS) is 13.6. The number of rotatable bonds is 7. The first kappa shape index (κ1) is 22.7. The van der Waals surface area contributed by atoms with Crippen LogP contribution in [0, 0.1) is 0 Å². The van der Waals surface area contributed by atoms with Gasteiger partial charge in [-0.25, -0.2) is 9.78 Å². The van der Waals surface area contributed by atoms with Gasteiger partial charge in [0.05, 0.1) is 17.9 Å². The van der Waals surface area contributed by atoms with Gasteiger partial charge in [-0.2, -0.15) is 0 Å². The van der Waals surface area contributed by atoms with Crippen LogP contribution in [0.4, 0.5) is 10.7 Å². The number of carbonyl (C=O) groups excluding carboxylic acids is 2. The molecule has 1 aliphatic rings. The first-order valence-corrected chi connectivity index (χ1v) is 13.0. The predicted molar refractivity (Wildman–Crippen MR) is 132 cm³/mol. The van der Waals surface area contributed by atoms with E-state index in [1.165, 1.54) is 27.6 Å². The number of pyridine rings is 1. The highest BCUT2D eigenvalue weighted by atomic mass is 32.1. The molecule has 1 aliphatic carbocycles. The van der Waals surface area contributed by atoms with Crippen LogP contribution in [-0.4, -0.2) is 23.5 Å². The second kappa shape index (κ2) is 10.0. The maximum Gasteiger partial charge on any atom is 0.341 e. The third kappa shape index (κ3) is 4.52. The maximum absolute atomic E-state index is 13.2. The number of nitrogens with zero attached hydrogens (tertiary/aromatic N) is 1. The molecular weight excluding hydrogens is 442 g/mol. The molecule has 3 heterocycles. The number of anilines is 2. The second-order valence-electron chi connectivity index (χ2n) is 8.05. The molecule has 32 heavy (non-hydrogen) atoms. The number of hydrogen-bond donors (Lipinski definition) is 2. The lowest BCUT2D eigenvalue weighted by Gasteiger charge is -2.08. The summed E-state index contributed by atoms with van der Waals surface area (Å²) in [5.74, 6) is -0.670. The number of ether oxygens (including phenoxy) is 1. The molecule has 0 aliphatic heterocycles. The number of aromatic nitrogens is 1. The highest BCUT2D eigenvalue weighted by Gasteiger charge is 2.28. The van der Waals surface area contributed by atoms with E-state index in [0.717, 1.165) is 72.8 Å². The number of thiophene rings is 2. The highest BCUT2D eigenvalue weighted by Crippen LogP contribution is 2.39. The summed E-state index contributed by atoms with van der Waals surface area (Å²) in [6.07, 6.45) is 8.15. The molecule has 1 amide bonds. The fourth-order valence-corrected chi connectivity index (χ4v) is 6.39. The monoisotopic (exact) mass is 471 g/mol. The molecule has 0 unspecified atom stereocenters. The Labute approximate surface area is 196 Å². The molecule has 3 N–H and O–H groups in total. The van der Waals surface area contributed by atoms with Gasteiger partial charge in [0.15, 0.2) is 0 Å². The van der Waals surface area contributed by atoms with Crippen molar-refractivity contribution in [2.24, 2.45) is 0 Å². The summed E-state index contributed by atoms with van der Waals surface area (Å²) in [5.41, 5.74) is 9.33. The summed E-state index contributed by atoms with van der Waals surface area (Å²) in [6.45, 7) is 4.24. The molecule has 0 saturated heterocycles.